The summed E-state index contributed by atoms with van der Waals surface area (Å²) < 4.78 is 5.98. The summed E-state index contributed by atoms with van der Waals surface area (Å²) >= 11 is 3.43. The third-order valence-corrected chi connectivity index (χ3v) is 2.93. The first-order chi connectivity index (χ1) is 6.66. The minimum absolute atomic E-state index is 0.675. The maximum atomic E-state index is 5.93. The van der Waals surface area contributed by atoms with Crippen LogP contribution in [0.5, 0.6) is 0 Å². The normalized spacial score (nSPS) is 10.2. The molecule has 0 aromatic heterocycles. The Bertz CT molecular complexity index is 315. The molecule has 4 heteroatoms. The highest BCUT2D eigenvalue weighted by molar-refractivity contribution is 9.10. The van der Waals surface area contributed by atoms with Crippen LogP contribution >= 0.6 is 15.9 Å². The van der Waals surface area contributed by atoms with Gasteiger partial charge in [0, 0.05) is 18.1 Å². The van der Waals surface area contributed by atoms with Crippen molar-refractivity contribution in [1.82, 2.24) is 0 Å². The number of anilines is 2. The molecule has 0 atom stereocenters. The second kappa shape index (κ2) is 5.22. The minimum Gasteiger partial charge on any atom is -0.397 e. The molecule has 0 spiro atoms. The predicted molar refractivity (Wildman–Crippen MR) is 63.7 cm³/mol. The van der Waals surface area contributed by atoms with Crippen LogP contribution in [-0.4, -0.2) is 20.3 Å². The number of nitrogens with one attached hydrogen (secondary N) is 1. The van der Waals surface area contributed by atoms with E-state index >= 15 is 0 Å². The van der Waals surface area contributed by atoms with Gasteiger partial charge in [-0.1, -0.05) is 15.9 Å². The molecule has 0 aliphatic rings. The quantitative estimate of drug-likeness (QED) is 0.644. The first-order valence-corrected chi connectivity index (χ1v) is 5.23. The van der Waals surface area contributed by atoms with Crippen LogP contribution < -0.4 is 11.1 Å². The molecule has 3 nitrogen and oxygen atoms in total. The summed E-state index contributed by atoms with van der Waals surface area (Å²) in [5, 5.41) is 3.21. The minimum atomic E-state index is 0.675. The largest absolute Gasteiger partial charge is 0.397 e. The first kappa shape index (κ1) is 11.3. The van der Waals surface area contributed by atoms with Crippen molar-refractivity contribution in [2.75, 3.05) is 31.3 Å². The molecule has 0 saturated carbocycles. The van der Waals surface area contributed by atoms with Gasteiger partial charge in [0.2, 0.25) is 0 Å². The molecule has 1 rings (SSSR count). The Hall–Kier alpha value is -0.740. The van der Waals surface area contributed by atoms with Crippen LogP contribution in [0, 0.1) is 6.92 Å². The fourth-order valence-corrected chi connectivity index (χ4v) is 1.49. The Morgan fingerprint density at radius 2 is 2.21 bits per heavy atom. The van der Waals surface area contributed by atoms with Crippen molar-refractivity contribution in [2.45, 2.75) is 6.92 Å². The summed E-state index contributed by atoms with van der Waals surface area (Å²) in [5.41, 5.74) is 8.74. The van der Waals surface area contributed by atoms with Crippen LogP contribution in [0.15, 0.2) is 16.6 Å². The first-order valence-electron chi connectivity index (χ1n) is 4.44. The molecule has 0 fully saturated rings. The van der Waals surface area contributed by atoms with E-state index in [-0.39, 0.29) is 0 Å². The number of rotatable bonds is 4. The van der Waals surface area contributed by atoms with E-state index in [4.69, 9.17) is 10.5 Å². The SMILES string of the molecule is COCCNc1ccc(Br)c(C)c1N. The van der Waals surface area contributed by atoms with Gasteiger partial charge in [-0.3, -0.25) is 0 Å². The number of benzene rings is 1. The van der Waals surface area contributed by atoms with Gasteiger partial charge in [-0.2, -0.15) is 0 Å². The maximum absolute atomic E-state index is 5.93. The van der Waals surface area contributed by atoms with E-state index in [0.29, 0.717) is 6.61 Å². The second-order valence-corrected chi connectivity index (χ2v) is 3.91. The van der Waals surface area contributed by atoms with E-state index in [9.17, 15) is 0 Å². The van der Waals surface area contributed by atoms with Crippen LogP contribution in [0.25, 0.3) is 0 Å². The molecule has 1 aromatic rings. The van der Waals surface area contributed by atoms with Crippen molar-refractivity contribution in [1.29, 1.82) is 0 Å². The summed E-state index contributed by atoms with van der Waals surface area (Å²) in [5.74, 6) is 0. The maximum Gasteiger partial charge on any atom is 0.0635 e. The molecule has 0 aliphatic carbocycles. The smallest absolute Gasteiger partial charge is 0.0635 e. The number of hydrogen-bond acceptors (Lipinski definition) is 3. The number of nitrogens with two attached hydrogens (primary N) is 1. The van der Waals surface area contributed by atoms with Gasteiger partial charge in [-0.15, -0.1) is 0 Å². The number of methoxy groups -OCH3 is 1. The molecule has 0 heterocycles. The Kier molecular flexibility index (Phi) is 4.22. The highest BCUT2D eigenvalue weighted by Crippen LogP contribution is 2.28. The summed E-state index contributed by atoms with van der Waals surface area (Å²) in [7, 11) is 1.68. The van der Waals surface area contributed by atoms with Gasteiger partial charge < -0.3 is 15.8 Å². The highest BCUT2D eigenvalue weighted by Gasteiger charge is 2.04. The average Bonchev–Trinajstić information content (AvgIpc) is 2.18. The van der Waals surface area contributed by atoms with E-state index in [1.165, 1.54) is 0 Å². The fourth-order valence-electron chi connectivity index (χ4n) is 1.14. The Balaban J connectivity index is 2.73. The summed E-state index contributed by atoms with van der Waals surface area (Å²) in [6.07, 6.45) is 0. The van der Waals surface area contributed by atoms with Crippen molar-refractivity contribution in [2.24, 2.45) is 0 Å². The van der Waals surface area contributed by atoms with Crippen LogP contribution in [0.2, 0.25) is 0 Å². The molecular formula is C10H15BrN2O. The predicted octanol–water partition coefficient (Wildman–Crippen LogP) is 2.40. The molecule has 3 N–H and O–H groups in total. The lowest BCUT2D eigenvalue weighted by atomic mass is 10.2. The molecule has 1 aromatic carbocycles. The third kappa shape index (κ3) is 2.62. The molecule has 0 aliphatic heterocycles. The van der Waals surface area contributed by atoms with Crippen molar-refractivity contribution in [3.63, 3.8) is 0 Å². The standard InChI is InChI=1S/C10H15BrN2O/c1-7-8(11)3-4-9(10(7)12)13-5-6-14-2/h3-4,13H,5-6,12H2,1-2H3. The van der Waals surface area contributed by atoms with Crippen molar-refractivity contribution in [3.05, 3.63) is 22.2 Å². The van der Waals surface area contributed by atoms with Crippen LogP contribution in [0.3, 0.4) is 0 Å². The fraction of sp³-hybridized carbons (Fsp3) is 0.400. The van der Waals surface area contributed by atoms with Gasteiger partial charge in [-0.05, 0) is 24.6 Å². The Morgan fingerprint density at radius 1 is 1.50 bits per heavy atom. The molecule has 0 amide bonds. The lowest BCUT2D eigenvalue weighted by Crippen LogP contribution is -2.09. The molecule has 0 saturated heterocycles. The summed E-state index contributed by atoms with van der Waals surface area (Å²) in [4.78, 5) is 0. The molecule has 0 radical (unpaired) electrons. The zero-order valence-corrected chi connectivity index (χ0v) is 10.0. The summed E-state index contributed by atoms with van der Waals surface area (Å²) in [6.45, 7) is 3.43. The third-order valence-electron chi connectivity index (χ3n) is 2.07. The lowest BCUT2D eigenvalue weighted by molar-refractivity contribution is 0.211. The Morgan fingerprint density at radius 3 is 2.86 bits per heavy atom. The second-order valence-electron chi connectivity index (χ2n) is 3.05. The van der Waals surface area contributed by atoms with Crippen molar-refractivity contribution < 1.29 is 4.74 Å². The Labute approximate surface area is 92.8 Å². The average molecular weight is 259 g/mol. The van der Waals surface area contributed by atoms with Gasteiger partial charge in [0.25, 0.3) is 0 Å². The van der Waals surface area contributed by atoms with E-state index in [1.54, 1.807) is 7.11 Å². The molecular weight excluding hydrogens is 244 g/mol. The van der Waals surface area contributed by atoms with Crippen LogP contribution in [0.4, 0.5) is 11.4 Å². The number of hydrogen-bond donors (Lipinski definition) is 2. The van der Waals surface area contributed by atoms with Gasteiger partial charge in [0.05, 0.1) is 18.0 Å². The zero-order valence-electron chi connectivity index (χ0n) is 8.43. The molecule has 0 unspecified atom stereocenters. The molecule has 14 heavy (non-hydrogen) atoms. The topological polar surface area (TPSA) is 47.3 Å². The van der Waals surface area contributed by atoms with E-state index < -0.39 is 0 Å². The van der Waals surface area contributed by atoms with Crippen LogP contribution in [0.1, 0.15) is 5.56 Å². The molecule has 0 bridgehead atoms. The zero-order chi connectivity index (χ0) is 10.6. The monoisotopic (exact) mass is 258 g/mol. The van der Waals surface area contributed by atoms with E-state index in [0.717, 1.165) is 28.0 Å². The van der Waals surface area contributed by atoms with Crippen LogP contribution in [-0.2, 0) is 4.74 Å². The summed E-state index contributed by atoms with van der Waals surface area (Å²) in [6, 6.07) is 3.95. The van der Waals surface area contributed by atoms with Gasteiger partial charge >= 0.3 is 0 Å². The van der Waals surface area contributed by atoms with Gasteiger partial charge in [0.15, 0.2) is 0 Å². The number of halogens is 1. The highest BCUT2D eigenvalue weighted by atomic mass is 79.9. The number of ether oxygens (including phenoxy) is 1. The number of nitrogen functional groups attached to an aromatic ring is 1. The lowest BCUT2D eigenvalue weighted by Gasteiger charge is -2.11. The molecule has 78 valence electrons. The van der Waals surface area contributed by atoms with Gasteiger partial charge in [0.1, 0.15) is 0 Å². The van der Waals surface area contributed by atoms with E-state index in [2.05, 4.69) is 21.2 Å². The van der Waals surface area contributed by atoms with E-state index in [1.807, 2.05) is 19.1 Å². The van der Waals surface area contributed by atoms with Crippen molar-refractivity contribution in [3.8, 4) is 0 Å². The van der Waals surface area contributed by atoms with Gasteiger partial charge in [-0.25, -0.2) is 0 Å². The van der Waals surface area contributed by atoms with Crippen molar-refractivity contribution >= 4 is 27.3 Å².